The van der Waals surface area contributed by atoms with Gasteiger partial charge in [-0.2, -0.15) is 0 Å². The summed E-state index contributed by atoms with van der Waals surface area (Å²) in [4.78, 5) is 25.9. The summed E-state index contributed by atoms with van der Waals surface area (Å²) in [6.45, 7) is 8.91. The van der Waals surface area contributed by atoms with Crippen LogP contribution in [0.2, 0.25) is 0 Å². The Labute approximate surface area is 161 Å². The fourth-order valence-electron chi connectivity index (χ4n) is 5.09. The van der Waals surface area contributed by atoms with Gasteiger partial charge >= 0.3 is 0 Å². The maximum absolute atomic E-state index is 12.3. The Morgan fingerprint density at radius 2 is 1.74 bits per heavy atom. The Balaban J connectivity index is 1.58. The molecule has 2 saturated carbocycles. The summed E-state index contributed by atoms with van der Waals surface area (Å²) in [5.41, 5.74) is 0. The normalized spacial score (nSPS) is 30.6. The molecule has 3 aliphatic rings. The van der Waals surface area contributed by atoms with Gasteiger partial charge in [-0.15, -0.1) is 10.2 Å². The van der Waals surface area contributed by atoms with Crippen molar-refractivity contribution >= 4 is 11.7 Å². The molecule has 2 aliphatic carbocycles. The van der Waals surface area contributed by atoms with E-state index in [1.165, 1.54) is 32.1 Å². The number of carbonyl (C=O) groups is 2. The van der Waals surface area contributed by atoms with Crippen LogP contribution in [0, 0.1) is 17.8 Å². The quantitative estimate of drug-likeness (QED) is 0.768. The second-order valence-electron chi connectivity index (χ2n) is 9.43. The van der Waals surface area contributed by atoms with E-state index in [-0.39, 0.29) is 23.5 Å². The Hall–Kier alpha value is -1.72. The van der Waals surface area contributed by atoms with Crippen molar-refractivity contribution in [2.24, 2.45) is 17.8 Å². The Morgan fingerprint density at radius 3 is 2.30 bits per heavy atom. The lowest BCUT2D eigenvalue weighted by Gasteiger charge is -2.36. The first-order valence-corrected chi connectivity index (χ1v) is 10.6. The molecule has 0 aromatic carbocycles. The van der Waals surface area contributed by atoms with Crippen molar-refractivity contribution in [3.05, 3.63) is 11.6 Å². The number of rotatable bonds is 6. The number of nitrogens with zero attached hydrogens (tertiary/aromatic N) is 4. The van der Waals surface area contributed by atoms with Crippen molar-refractivity contribution in [2.45, 2.75) is 77.7 Å². The highest BCUT2D eigenvalue weighted by Gasteiger charge is 2.44. The smallest absolute Gasteiger partial charge is 0.219 e. The summed E-state index contributed by atoms with van der Waals surface area (Å²) in [7, 11) is 0. The van der Waals surface area contributed by atoms with Crippen molar-refractivity contribution in [1.82, 2.24) is 19.7 Å². The number of hydrogen-bond donors (Lipinski definition) is 0. The number of amides is 1. The van der Waals surface area contributed by atoms with Gasteiger partial charge in [0.2, 0.25) is 5.91 Å². The monoisotopic (exact) mass is 372 g/mol. The van der Waals surface area contributed by atoms with E-state index in [0.717, 1.165) is 23.5 Å². The number of aromatic nitrogens is 3. The number of ketones is 1. The number of carbonyl (C=O) groups excluding carboxylic acids is 2. The minimum atomic E-state index is -0.154. The number of Topliss-reactive ketones (excluding diaryl/α,β-unsaturated/α-hetero) is 1. The molecule has 1 saturated heterocycles. The zero-order valence-electron chi connectivity index (χ0n) is 17.0. The van der Waals surface area contributed by atoms with Crippen molar-refractivity contribution in [1.29, 1.82) is 0 Å². The average Bonchev–Trinajstić information content (AvgIpc) is 3.14. The lowest BCUT2D eigenvalue weighted by Crippen LogP contribution is -2.27. The van der Waals surface area contributed by atoms with E-state index in [1.807, 2.05) is 0 Å². The first kappa shape index (κ1) is 18.6. The predicted octanol–water partition coefficient (Wildman–Crippen LogP) is 3.30. The lowest BCUT2D eigenvalue weighted by molar-refractivity contribution is -0.128. The highest BCUT2D eigenvalue weighted by atomic mass is 16.2. The van der Waals surface area contributed by atoms with Gasteiger partial charge in [-0.3, -0.25) is 9.59 Å². The van der Waals surface area contributed by atoms with Gasteiger partial charge in [-0.1, -0.05) is 13.8 Å². The van der Waals surface area contributed by atoms with Crippen LogP contribution >= 0.6 is 0 Å². The van der Waals surface area contributed by atoms with Gasteiger partial charge in [-0.25, -0.2) is 0 Å². The molecule has 0 N–H and O–H groups in total. The molecule has 27 heavy (non-hydrogen) atoms. The van der Waals surface area contributed by atoms with Crippen LogP contribution in [0.1, 0.15) is 89.3 Å². The number of likely N-dealkylation sites (tertiary alicyclic amines) is 1. The topological polar surface area (TPSA) is 68.1 Å². The highest BCUT2D eigenvalue weighted by molar-refractivity contribution is 5.82. The molecule has 2 heterocycles. The average molecular weight is 373 g/mol. The van der Waals surface area contributed by atoms with Crippen LogP contribution in [0.3, 0.4) is 0 Å². The molecule has 1 aromatic heterocycles. The van der Waals surface area contributed by atoms with Gasteiger partial charge in [0.25, 0.3) is 0 Å². The lowest BCUT2D eigenvalue weighted by atomic mass is 9.71. The molecule has 4 rings (SSSR count). The summed E-state index contributed by atoms with van der Waals surface area (Å²) < 4.78 is 2.36. The SMILES string of the molecule is CC(=O)[C@H]1CN(C(C)=O)C[C@@H]1c1nnc(C2CC(CC(C)C)C2)n1C1CC1. The van der Waals surface area contributed by atoms with Gasteiger partial charge < -0.3 is 9.47 Å². The predicted molar refractivity (Wildman–Crippen MR) is 102 cm³/mol. The van der Waals surface area contributed by atoms with Gasteiger partial charge in [0.1, 0.15) is 17.4 Å². The third-order valence-electron chi connectivity index (χ3n) is 6.69. The maximum Gasteiger partial charge on any atom is 0.219 e. The molecular formula is C21H32N4O2. The molecule has 0 bridgehead atoms. The third-order valence-corrected chi connectivity index (χ3v) is 6.69. The van der Waals surface area contributed by atoms with Gasteiger partial charge in [0.15, 0.2) is 0 Å². The molecule has 6 heteroatoms. The van der Waals surface area contributed by atoms with Crippen LogP contribution in [0.25, 0.3) is 0 Å². The van der Waals surface area contributed by atoms with Crippen molar-refractivity contribution in [3.63, 3.8) is 0 Å². The van der Waals surface area contributed by atoms with E-state index < -0.39 is 0 Å². The zero-order valence-corrected chi connectivity index (χ0v) is 17.0. The zero-order chi connectivity index (χ0) is 19.3. The molecule has 2 atom stereocenters. The van der Waals surface area contributed by atoms with Gasteiger partial charge in [-0.05, 0) is 50.9 Å². The largest absolute Gasteiger partial charge is 0.341 e. The first-order valence-electron chi connectivity index (χ1n) is 10.6. The molecule has 1 aromatic rings. The van der Waals surface area contributed by atoms with Crippen LogP contribution in [0.4, 0.5) is 0 Å². The van der Waals surface area contributed by atoms with Crippen molar-refractivity contribution in [3.8, 4) is 0 Å². The van der Waals surface area contributed by atoms with E-state index >= 15 is 0 Å². The minimum absolute atomic E-state index is 0.0141. The second-order valence-corrected chi connectivity index (χ2v) is 9.43. The fraction of sp³-hybridized carbons (Fsp3) is 0.810. The minimum Gasteiger partial charge on any atom is -0.341 e. The van der Waals surface area contributed by atoms with Crippen LogP contribution in [0.5, 0.6) is 0 Å². The Morgan fingerprint density at radius 1 is 1.07 bits per heavy atom. The molecule has 0 radical (unpaired) electrons. The summed E-state index contributed by atoms with van der Waals surface area (Å²) in [6.07, 6.45) is 6.07. The summed E-state index contributed by atoms with van der Waals surface area (Å²) in [5, 5.41) is 9.22. The summed E-state index contributed by atoms with van der Waals surface area (Å²) >= 11 is 0. The van der Waals surface area contributed by atoms with Crippen LogP contribution in [0.15, 0.2) is 0 Å². The third kappa shape index (κ3) is 3.55. The molecule has 1 aliphatic heterocycles. The summed E-state index contributed by atoms with van der Waals surface area (Å²) in [5.74, 6) is 4.18. The first-order chi connectivity index (χ1) is 12.8. The maximum atomic E-state index is 12.3. The van der Waals surface area contributed by atoms with Crippen LogP contribution < -0.4 is 0 Å². The molecule has 148 valence electrons. The van der Waals surface area contributed by atoms with E-state index in [0.29, 0.717) is 25.0 Å². The van der Waals surface area contributed by atoms with E-state index in [9.17, 15) is 9.59 Å². The van der Waals surface area contributed by atoms with Gasteiger partial charge in [0, 0.05) is 43.8 Å². The molecular weight excluding hydrogens is 340 g/mol. The Kier molecular flexibility index (Phi) is 4.85. The molecule has 0 spiro atoms. The van der Waals surface area contributed by atoms with Crippen molar-refractivity contribution < 1.29 is 9.59 Å². The fourth-order valence-corrected chi connectivity index (χ4v) is 5.09. The molecule has 3 fully saturated rings. The molecule has 1 amide bonds. The highest BCUT2D eigenvalue weighted by Crippen LogP contribution is 2.48. The summed E-state index contributed by atoms with van der Waals surface area (Å²) in [6, 6.07) is 0.494. The van der Waals surface area contributed by atoms with Crippen LogP contribution in [-0.2, 0) is 9.59 Å². The van der Waals surface area contributed by atoms with Crippen molar-refractivity contribution in [2.75, 3.05) is 13.1 Å². The standard InChI is InChI=1S/C21H32N4O2/c1-12(2)7-15-8-16(9-15)20-22-23-21(25(20)17-5-6-17)19-11-24(14(4)27)10-18(19)13(3)26/h12,15-19H,5-11H2,1-4H3/t15?,16?,18-,19+/m1/s1. The van der Waals surface area contributed by atoms with E-state index in [1.54, 1.807) is 18.7 Å². The van der Waals surface area contributed by atoms with Gasteiger partial charge in [0.05, 0.1) is 0 Å². The number of hydrogen-bond acceptors (Lipinski definition) is 4. The molecule has 0 unspecified atom stereocenters. The van der Waals surface area contributed by atoms with Crippen LogP contribution in [-0.4, -0.2) is 44.4 Å². The van der Waals surface area contributed by atoms with E-state index in [2.05, 4.69) is 28.6 Å². The van der Waals surface area contributed by atoms with E-state index in [4.69, 9.17) is 0 Å². The molecule has 6 nitrogen and oxygen atoms in total. The second kappa shape index (κ2) is 7.02. The Bertz CT molecular complexity index is 731.